The van der Waals surface area contributed by atoms with Crippen LogP contribution in [0, 0.1) is 11.8 Å². The molecule has 0 saturated carbocycles. The first kappa shape index (κ1) is 23.0. The number of benzene rings is 2. The van der Waals surface area contributed by atoms with Crippen LogP contribution in [0.25, 0.3) is 0 Å². The lowest BCUT2D eigenvalue weighted by molar-refractivity contribution is -0.134. The first-order valence-electron chi connectivity index (χ1n) is 9.69. The summed E-state index contributed by atoms with van der Waals surface area (Å²) in [6.45, 7) is 2.73. The van der Waals surface area contributed by atoms with Gasteiger partial charge in [0.1, 0.15) is 6.61 Å². The molecule has 0 radical (unpaired) electrons. The van der Waals surface area contributed by atoms with E-state index in [0.717, 1.165) is 21.6 Å². The number of hydrogen-bond donors (Lipinski definition) is 2. The van der Waals surface area contributed by atoms with Crippen molar-refractivity contribution in [1.82, 2.24) is 4.90 Å². The molecule has 2 rings (SSSR count). The van der Waals surface area contributed by atoms with Gasteiger partial charge in [-0.3, -0.25) is 14.4 Å². The van der Waals surface area contributed by atoms with Crippen LogP contribution in [0.1, 0.15) is 53.4 Å². The summed E-state index contributed by atoms with van der Waals surface area (Å²) in [6, 6.07) is 13.0. The average molecular weight is 406 g/mol. The maximum atomic E-state index is 12.7. The highest BCUT2D eigenvalue weighted by Crippen LogP contribution is 2.12. The monoisotopic (exact) mass is 406 g/mol. The third kappa shape index (κ3) is 5.63. The Hall–Kier alpha value is -3.27. The highest BCUT2D eigenvalue weighted by atomic mass is 16.3. The molecular formula is C24H26N2O4. The van der Waals surface area contributed by atoms with Gasteiger partial charge in [0, 0.05) is 36.2 Å². The van der Waals surface area contributed by atoms with Gasteiger partial charge in [-0.25, -0.2) is 0 Å². The van der Waals surface area contributed by atoms with Crippen molar-refractivity contribution in [2.75, 3.05) is 13.7 Å². The van der Waals surface area contributed by atoms with Crippen LogP contribution >= 0.6 is 0 Å². The molecule has 2 unspecified atom stereocenters. The van der Waals surface area contributed by atoms with E-state index in [9.17, 15) is 14.4 Å². The van der Waals surface area contributed by atoms with Crippen LogP contribution in [0.4, 0.5) is 0 Å². The fraction of sp³-hybridized carbons (Fsp3) is 0.292. The highest BCUT2D eigenvalue weighted by Gasteiger charge is 2.32. The van der Waals surface area contributed by atoms with E-state index < -0.39 is 30.1 Å². The number of ketones is 2. The summed E-state index contributed by atoms with van der Waals surface area (Å²) in [5, 5.41) is 9.12. The summed E-state index contributed by atoms with van der Waals surface area (Å²) < 4.78 is 0. The fourth-order valence-electron chi connectivity index (χ4n) is 2.92. The molecule has 6 nitrogen and oxygen atoms in total. The lowest BCUT2D eigenvalue weighted by atomic mass is 10.0. The normalized spacial score (nSPS) is 12.3. The Bertz CT molecular complexity index is 951. The third-order valence-corrected chi connectivity index (χ3v) is 4.74. The van der Waals surface area contributed by atoms with Crippen LogP contribution in [0.15, 0.2) is 48.5 Å². The van der Waals surface area contributed by atoms with Gasteiger partial charge in [-0.15, -0.1) is 0 Å². The highest BCUT2D eigenvalue weighted by molar-refractivity contribution is 6.10. The number of nitrogens with two attached hydrogens (primary N) is 1. The number of nitrogens with zero attached hydrogens (tertiary/aromatic N) is 1. The van der Waals surface area contributed by atoms with Crippen molar-refractivity contribution in [3.8, 4) is 11.8 Å². The summed E-state index contributed by atoms with van der Waals surface area (Å²) in [5.41, 5.74) is 8.77. The second-order valence-electron chi connectivity index (χ2n) is 7.00. The second-order valence-corrected chi connectivity index (χ2v) is 7.00. The smallest absolute Gasteiger partial charge is 0.254 e. The van der Waals surface area contributed by atoms with Crippen molar-refractivity contribution in [2.45, 2.75) is 32.4 Å². The largest absolute Gasteiger partial charge is 0.388 e. The molecule has 0 spiro atoms. The van der Waals surface area contributed by atoms with Crippen molar-refractivity contribution in [3.05, 3.63) is 70.8 Å². The predicted molar refractivity (Wildman–Crippen MR) is 115 cm³/mol. The van der Waals surface area contributed by atoms with Gasteiger partial charge < -0.3 is 15.7 Å². The minimum atomic E-state index is -1.29. The molecule has 2 aromatic carbocycles. The number of carbonyl (C=O) groups is 3. The standard InChI is InChI=1S/C24H26N2O4/c1-4-21(28)23(22(29)15-27)26(3)24(30)20-13-9-18(10-14-20)6-5-17-7-11-19(12-8-17)16(2)25/h7-14,16,23,27H,4,15,25H2,1-3H3. The maximum absolute atomic E-state index is 12.7. The van der Waals surface area contributed by atoms with Crippen LogP contribution < -0.4 is 5.73 Å². The van der Waals surface area contributed by atoms with E-state index in [2.05, 4.69) is 11.8 Å². The van der Waals surface area contributed by atoms with Crippen molar-refractivity contribution in [3.63, 3.8) is 0 Å². The second kappa shape index (κ2) is 10.5. The van der Waals surface area contributed by atoms with Gasteiger partial charge in [0.15, 0.2) is 17.6 Å². The first-order chi connectivity index (χ1) is 14.3. The Labute approximate surface area is 176 Å². The summed E-state index contributed by atoms with van der Waals surface area (Å²) in [4.78, 5) is 37.8. The Morgan fingerprint density at radius 1 is 0.967 bits per heavy atom. The summed E-state index contributed by atoms with van der Waals surface area (Å²) in [7, 11) is 1.38. The number of Topliss-reactive ketones (excluding diaryl/α,β-unsaturated/α-hetero) is 2. The molecule has 0 aliphatic rings. The van der Waals surface area contributed by atoms with E-state index in [-0.39, 0.29) is 12.5 Å². The number of aliphatic hydroxyl groups excluding tert-OH is 1. The number of rotatable bonds is 7. The Morgan fingerprint density at radius 2 is 1.47 bits per heavy atom. The summed E-state index contributed by atoms with van der Waals surface area (Å²) in [6.07, 6.45) is 0.0910. The van der Waals surface area contributed by atoms with Crippen LogP contribution in [0.3, 0.4) is 0 Å². The van der Waals surface area contributed by atoms with Crippen molar-refractivity contribution in [1.29, 1.82) is 0 Å². The first-order valence-corrected chi connectivity index (χ1v) is 9.69. The molecule has 0 saturated heterocycles. The van der Waals surface area contributed by atoms with E-state index >= 15 is 0 Å². The summed E-state index contributed by atoms with van der Waals surface area (Å²) in [5.74, 6) is 4.50. The fourth-order valence-corrected chi connectivity index (χ4v) is 2.92. The molecule has 0 fully saturated rings. The molecule has 6 heteroatoms. The maximum Gasteiger partial charge on any atom is 0.254 e. The quantitative estimate of drug-likeness (QED) is 0.542. The minimum absolute atomic E-state index is 0.0323. The van der Waals surface area contributed by atoms with Gasteiger partial charge in [-0.05, 0) is 48.9 Å². The van der Waals surface area contributed by atoms with Crippen LogP contribution in [-0.2, 0) is 9.59 Å². The van der Waals surface area contributed by atoms with Crippen LogP contribution in [0.2, 0.25) is 0 Å². The molecular weight excluding hydrogens is 380 g/mol. The molecule has 30 heavy (non-hydrogen) atoms. The van der Waals surface area contributed by atoms with E-state index in [1.807, 2.05) is 31.2 Å². The lowest BCUT2D eigenvalue weighted by Gasteiger charge is -2.25. The zero-order valence-electron chi connectivity index (χ0n) is 17.4. The van der Waals surface area contributed by atoms with Crippen molar-refractivity contribution in [2.24, 2.45) is 5.73 Å². The summed E-state index contributed by atoms with van der Waals surface area (Å²) >= 11 is 0. The average Bonchev–Trinajstić information content (AvgIpc) is 2.77. The molecule has 0 aliphatic heterocycles. The SMILES string of the molecule is CCC(=O)C(C(=O)CO)N(C)C(=O)c1ccc(C#Cc2ccc(C(C)N)cc2)cc1. The van der Waals surface area contributed by atoms with E-state index in [1.54, 1.807) is 31.2 Å². The van der Waals surface area contributed by atoms with Crippen LogP contribution in [0.5, 0.6) is 0 Å². The van der Waals surface area contributed by atoms with E-state index in [0.29, 0.717) is 5.56 Å². The molecule has 2 atom stereocenters. The molecule has 0 bridgehead atoms. The van der Waals surface area contributed by atoms with Gasteiger partial charge in [0.05, 0.1) is 0 Å². The van der Waals surface area contributed by atoms with Crippen LogP contribution in [-0.4, -0.2) is 47.2 Å². The van der Waals surface area contributed by atoms with E-state index in [4.69, 9.17) is 10.8 Å². The number of amides is 1. The van der Waals surface area contributed by atoms with E-state index in [1.165, 1.54) is 7.05 Å². The Kier molecular flexibility index (Phi) is 8.05. The number of carbonyl (C=O) groups excluding carboxylic acids is 3. The van der Waals surface area contributed by atoms with Gasteiger partial charge in [-0.1, -0.05) is 30.9 Å². The topological polar surface area (TPSA) is 101 Å². The molecule has 1 amide bonds. The molecule has 0 heterocycles. The molecule has 2 aromatic rings. The van der Waals surface area contributed by atoms with Crippen molar-refractivity contribution >= 4 is 17.5 Å². The molecule has 0 aromatic heterocycles. The number of aliphatic hydroxyl groups is 1. The van der Waals surface area contributed by atoms with Gasteiger partial charge in [0.2, 0.25) is 0 Å². The predicted octanol–water partition coefficient (Wildman–Crippen LogP) is 2.09. The lowest BCUT2D eigenvalue weighted by Crippen LogP contribution is -2.48. The van der Waals surface area contributed by atoms with Gasteiger partial charge in [-0.2, -0.15) is 0 Å². The van der Waals surface area contributed by atoms with Gasteiger partial charge in [0.25, 0.3) is 5.91 Å². The van der Waals surface area contributed by atoms with Crippen molar-refractivity contribution < 1.29 is 19.5 Å². The molecule has 0 aliphatic carbocycles. The third-order valence-electron chi connectivity index (χ3n) is 4.74. The zero-order chi connectivity index (χ0) is 22.3. The Morgan fingerprint density at radius 3 is 1.90 bits per heavy atom. The number of hydrogen-bond acceptors (Lipinski definition) is 5. The Balaban J connectivity index is 2.15. The number of likely N-dealkylation sites (N-methyl/N-ethyl adjacent to an activating group) is 1. The molecule has 3 N–H and O–H groups in total. The van der Waals surface area contributed by atoms with Gasteiger partial charge >= 0.3 is 0 Å². The minimum Gasteiger partial charge on any atom is -0.388 e. The molecule has 156 valence electrons. The zero-order valence-corrected chi connectivity index (χ0v) is 17.4.